The minimum absolute atomic E-state index is 0.0457. The Labute approximate surface area is 187 Å². The molecule has 0 aliphatic heterocycles. The number of benzene rings is 2. The molecule has 0 aliphatic carbocycles. The number of aromatic nitrogens is 3. The van der Waals surface area contributed by atoms with Gasteiger partial charge in [-0.15, -0.1) is 0 Å². The Bertz CT molecular complexity index is 1300. The van der Waals surface area contributed by atoms with E-state index in [9.17, 15) is 8.42 Å². The van der Waals surface area contributed by atoms with Crippen molar-refractivity contribution in [1.29, 1.82) is 0 Å². The summed E-state index contributed by atoms with van der Waals surface area (Å²) in [5.74, 6) is 1.31. The van der Waals surface area contributed by atoms with E-state index in [1.54, 1.807) is 13.8 Å². The number of para-hydroxylation sites is 1. The Morgan fingerprint density at radius 1 is 0.969 bits per heavy atom. The molecule has 0 amide bonds. The van der Waals surface area contributed by atoms with Gasteiger partial charge in [0.2, 0.25) is 10.0 Å². The van der Waals surface area contributed by atoms with Crippen LogP contribution >= 0.6 is 0 Å². The molecule has 4 aromatic rings. The number of aryl methyl sites for hydroxylation is 3. The molecule has 166 valence electrons. The standard InChI is InChI=1S/C23H25N5O3S/c1-16-22(17(2)31-28-16)32(29,30)25-15-21-26-20-13-7-6-12-19(20)23(27-21)24-14-8-11-18-9-4-3-5-10-18/h3-7,9-10,12-13,25H,8,11,14-15H2,1-2H3,(H,24,26,27). The fourth-order valence-corrected chi connectivity index (χ4v) is 4.88. The lowest BCUT2D eigenvalue weighted by Gasteiger charge is -2.12. The summed E-state index contributed by atoms with van der Waals surface area (Å²) in [5, 5.41) is 8.00. The van der Waals surface area contributed by atoms with Crippen LogP contribution in [0.25, 0.3) is 10.9 Å². The maximum absolute atomic E-state index is 12.7. The summed E-state index contributed by atoms with van der Waals surface area (Å²) in [5.41, 5.74) is 2.35. The van der Waals surface area contributed by atoms with E-state index in [-0.39, 0.29) is 17.2 Å². The Balaban J connectivity index is 1.49. The third-order valence-corrected chi connectivity index (χ3v) is 6.73. The quantitative estimate of drug-likeness (QED) is 0.373. The van der Waals surface area contributed by atoms with Gasteiger partial charge in [0.05, 0.1) is 12.1 Å². The maximum atomic E-state index is 12.7. The molecule has 4 rings (SSSR count). The summed E-state index contributed by atoms with van der Waals surface area (Å²) in [6.07, 6.45) is 1.90. The number of nitrogens with one attached hydrogen (secondary N) is 2. The van der Waals surface area contributed by atoms with Crippen molar-refractivity contribution < 1.29 is 12.9 Å². The monoisotopic (exact) mass is 451 g/mol. The molecule has 32 heavy (non-hydrogen) atoms. The summed E-state index contributed by atoms with van der Waals surface area (Å²) < 4.78 is 33.0. The molecular formula is C23H25N5O3S. The van der Waals surface area contributed by atoms with Crippen LogP contribution in [0, 0.1) is 13.8 Å². The van der Waals surface area contributed by atoms with E-state index in [1.165, 1.54) is 5.56 Å². The number of hydrogen-bond donors (Lipinski definition) is 2. The molecule has 0 saturated heterocycles. The van der Waals surface area contributed by atoms with Gasteiger partial charge in [-0.05, 0) is 44.4 Å². The van der Waals surface area contributed by atoms with Crippen molar-refractivity contribution >= 4 is 26.7 Å². The minimum Gasteiger partial charge on any atom is -0.369 e. The first-order valence-corrected chi connectivity index (χ1v) is 11.9. The molecule has 2 aromatic carbocycles. The molecule has 0 unspecified atom stereocenters. The first-order valence-electron chi connectivity index (χ1n) is 10.4. The van der Waals surface area contributed by atoms with Crippen LogP contribution in [-0.2, 0) is 23.0 Å². The van der Waals surface area contributed by atoms with Gasteiger partial charge in [-0.3, -0.25) is 0 Å². The van der Waals surface area contributed by atoms with Gasteiger partial charge >= 0.3 is 0 Å². The first kappa shape index (κ1) is 21.9. The van der Waals surface area contributed by atoms with Gasteiger partial charge < -0.3 is 9.84 Å². The van der Waals surface area contributed by atoms with Crippen molar-refractivity contribution in [2.24, 2.45) is 0 Å². The van der Waals surface area contributed by atoms with Gasteiger partial charge in [-0.25, -0.2) is 23.1 Å². The van der Waals surface area contributed by atoms with Crippen LogP contribution < -0.4 is 10.0 Å². The van der Waals surface area contributed by atoms with Crippen LogP contribution in [0.4, 0.5) is 5.82 Å². The van der Waals surface area contributed by atoms with E-state index in [2.05, 4.69) is 37.3 Å². The third kappa shape index (κ3) is 4.95. The van der Waals surface area contributed by atoms with Crippen LogP contribution in [-0.4, -0.2) is 30.1 Å². The van der Waals surface area contributed by atoms with Crippen LogP contribution in [0.1, 0.15) is 29.3 Å². The maximum Gasteiger partial charge on any atom is 0.246 e. The van der Waals surface area contributed by atoms with Crippen LogP contribution in [0.15, 0.2) is 64.0 Å². The molecular weight excluding hydrogens is 426 g/mol. The third-order valence-electron chi connectivity index (χ3n) is 5.08. The van der Waals surface area contributed by atoms with Crippen molar-refractivity contribution in [3.63, 3.8) is 0 Å². The number of hydrogen-bond acceptors (Lipinski definition) is 7. The number of sulfonamides is 1. The largest absolute Gasteiger partial charge is 0.369 e. The van der Waals surface area contributed by atoms with Crippen molar-refractivity contribution in [3.05, 3.63) is 77.4 Å². The molecule has 0 bridgehead atoms. The first-order chi connectivity index (χ1) is 15.4. The Morgan fingerprint density at radius 3 is 2.47 bits per heavy atom. The topological polar surface area (TPSA) is 110 Å². The van der Waals surface area contributed by atoms with Gasteiger partial charge in [0.15, 0.2) is 5.76 Å². The number of rotatable bonds is 9. The summed E-state index contributed by atoms with van der Waals surface area (Å²) in [4.78, 5) is 9.16. The molecule has 0 fully saturated rings. The van der Waals surface area contributed by atoms with E-state index in [0.717, 1.165) is 30.3 Å². The summed E-state index contributed by atoms with van der Waals surface area (Å²) >= 11 is 0. The van der Waals surface area contributed by atoms with Crippen molar-refractivity contribution in [2.75, 3.05) is 11.9 Å². The zero-order valence-corrected chi connectivity index (χ0v) is 18.8. The molecule has 0 aliphatic rings. The van der Waals surface area contributed by atoms with Gasteiger partial charge in [0, 0.05) is 11.9 Å². The van der Waals surface area contributed by atoms with E-state index in [1.807, 2.05) is 42.5 Å². The summed E-state index contributed by atoms with van der Waals surface area (Å²) in [6, 6.07) is 18.0. The van der Waals surface area contributed by atoms with Crippen molar-refractivity contribution in [3.8, 4) is 0 Å². The molecule has 0 atom stereocenters. The second-order valence-electron chi connectivity index (χ2n) is 7.50. The highest BCUT2D eigenvalue weighted by molar-refractivity contribution is 7.89. The second-order valence-corrected chi connectivity index (χ2v) is 9.20. The van der Waals surface area contributed by atoms with Crippen molar-refractivity contribution in [2.45, 2.75) is 38.1 Å². The highest BCUT2D eigenvalue weighted by atomic mass is 32.2. The van der Waals surface area contributed by atoms with E-state index >= 15 is 0 Å². The molecule has 8 nitrogen and oxygen atoms in total. The van der Waals surface area contributed by atoms with Crippen LogP contribution in [0.2, 0.25) is 0 Å². The smallest absolute Gasteiger partial charge is 0.246 e. The van der Waals surface area contributed by atoms with Gasteiger partial charge in [0.1, 0.15) is 22.2 Å². The number of anilines is 1. The fourth-order valence-electron chi connectivity index (χ4n) is 3.57. The lowest BCUT2D eigenvalue weighted by atomic mass is 10.1. The molecule has 2 N–H and O–H groups in total. The number of fused-ring (bicyclic) bond motifs is 1. The second kappa shape index (κ2) is 9.46. The van der Waals surface area contributed by atoms with E-state index < -0.39 is 10.0 Å². The van der Waals surface area contributed by atoms with Crippen molar-refractivity contribution in [1.82, 2.24) is 19.8 Å². The zero-order chi connectivity index (χ0) is 22.6. The van der Waals surface area contributed by atoms with E-state index in [4.69, 9.17) is 4.52 Å². The Hall–Kier alpha value is -3.30. The molecule has 0 radical (unpaired) electrons. The SMILES string of the molecule is Cc1noc(C)c1S(=O)(=O)NCc1nc(NCCCc2ccccc2)c2ccccc2n1. The Kier molecular flexibility index (Phi) is 6.48. The normalized spacial score (nSPS) is 11.7. The van der Waals surface area contributed by atoms with Gasteiger partial charge in [-0.1, -0.05) is 47.6 Å². The average molecular weight is 452 g/mol. The molecule has 2 heterocycles. The molecule has 2 aromatic heterocycles. The molecule has 0 spiro atoms. The summed E-state index contributed by atoms with van der Waals surface area (Å²) in [6.45, 7) is 3.85. The van der Waals surface area contributed by atoms with Gasteiger partial charge in [0.25, 0.3) is 0 Å². The molecule has 0 saturated carbocycles. The number of nitrogens with zero attached hydrogens (tertiary/aromatic N) is 3. The predicted molar refractivity (Wildman–Crippen MR) is 123 cm³/mol. The highest BCUT2D eigenvalue weighted by Crippen LogP contribution is 2.22. The Morgan fingerprint density at radius 2 is 1.72 bits per heavy atom. The van der Waals surface area contributed by atoms with E-state index in [0.29, 0.717) is 17.3 Å². The van der Waals surface area contributed by atoms with Gasteiger partial charge in [-0.2, -0.15) is 0 Å². The lowest BCUT2D eigenvalue weighted by Crippen LogP contribution is -2.25. The van der Waals surface area contributed by atoms with Crippen LogP contribution in [0.5, 0.6) is 0 Å². The zero-order valence-electron chi connectivity index (χ0n) is 18.0. The minimum atomic E-state index is -3.80. The predicted octanol–water partition coefficient (Wildman–Crippen LogP) is 3.76. The fraction of sp³-hybridized carbons (Fsp3) is 0.261. The lowest BCUT2D eigenvalue weighted by molar-refractivity contribution is 0.390. The highest BCUT2D eigenvalue weighted by Gasteiger charge is 2.24. The van der Waals surface area contributed by atoms with Crippen LogP contribution in [0.3, 0.4) is 0 Å². The summed E-state index contributed by atoms with van der Waals surface area (Å²) in [7, 11) is -3.80. The average Bonchev–Trinajstić information content (AvgIpc) is 3.14. The molecule has 9 heteroatoms.